The number of nitrogens with zero attached hydrogens (tertiary/aromatic N) is 2. The summed E-state index contributed by atoms with van der Waals surface area (Å²) >= 11 is 0. The molecule has 4 nitrogen and oxygen atoms in total. The molecule has 0 unspecified atom stereocenters. The second-order valence-corrected chi connectivity index (χ2v) is 6.14. The van der Waals surface area contributed by atoms with Crippen LogP contribution in [-0.4, -0.2) is 24.0 Å². The van der Waals surface area contributed by atoms with E-state index in [9.17, 15) is 9.18 Å². The van der Waals surface area contributed by atoms with Crippen LogP contribution in [0.4, 0.5) is 10.1 Å². The molecule has 5 heteroatoms. The zero-order valence-corrected chi connectivity index (χ0v) is 14.3. The van der Waals surface area contributed by atoms with Crippen molar-refractivity contribution in [2.24, 2.45) is 0 Å². The number of aromatic nitrogens is 1. The monoisotopic (exact) mass is 348 g/mol. The summed E-state index contributed by atoms with van der Waals surface area (Å²) in [6.07, 6.45) is 3.29. The minimum absolute atomic E-state index is 0.116. The van der Waals surface area contributed by atoms with Crippen LogP contribution in [0.5, 0.6) is 5.75 Å². The van der Waals surface area contributed by atoms with Crippen molar-refractivity contribution in [2.75, 3.05) is 18.1 Å². The van der Waals surface area contributed by atoms with Crippen LogP contribution in [0.1, 0.15) is 15.9 Å². The predicted molar refractivity (Wildman–Crippen MR) is 98.0 cm³/mol. The molecule has 1 aromatic heterocycles. The van der Waals surface area contributed by atoms with Crippen molar-refractivity contribution in [2.45, 2.75) is 6.92 Å². The van der Waals surface area contributed by atoms with Crippen molar-refractivity contribution in [1.29, 1.82) is 0 Å². The van der Waals surface area contributed by atoms with Crippen LogP contribution < -0.4 is 9.64 Å². The molecule has 0 aliphatic carbocycles. The van der Waals surface area contributed by atoms with E-state index in [2.05, 4.69) is 4.98 Å². The minimum atomic E-state index is -0.295. The Morgan fingerprint density at radius 2 is 1.88 bits per heavy atom. The topological polar surface area (TPSA) is 42.4 Å². The highest BCUT2D eigenvalue weighted by Gasteiger charge is 2.26. The average Bonchev–Trinajstić information content (AvgIpc) is 2.68. The van der Waals surface area contributed by atoms with Crippen LogP contribution in [0, 0.1) is 12.7 Å². The van der Waals surface area contributed by atoms with Crippen LogP contribution in [0.15, 0.2) is 60.9 Å². The Morgan fingerprint density at radius 3 is 2.69 bits per heavy atom. The Bertz CT molecular complexity index is 970. The molecule has 2 heterocycles. The molecule has 0 radical (unpaired) electrons. The number of amides is 1. The van der Waals surface area contributed by atoms with Crippen LogP contribution >= 0.6 is 0 Å². The molecular weight excluding hydrogens is 331 g/mol. The third-order valence-corrected chi connectivity index (χ3v) is 4.57. The first kappa shape index (κ1) is 16.3. The molecule has 0 bridgehead atoms. The number of halogens is 1. The van der Waals surface area contributed by atoms with E-state index in [-0.39, 0.29) is 11.7 Å². The summed E-state index contributed by atoms with van der Waals surface area (Å²) in [4.78, 5) is 19.2. The fraction of sp³-hybridized carbons (Fsp3) is 0.143. The fourth-order valence-electron chi connectivity index (χ4n) is 3.19. The van der Waals surface area contributed by atoms with E-state index in [1.807, 2.05) is 31.2 Å². The van der Waals surface area contributed by atoms with E-state index < -0.39 is 0 Å². The average molecular weight is 348 g/mol. The summed E-state index contributed by atoms with van der Waals surface area (Å²) in [5, 5.41) is 0. The summed E-state index contributed by atoms with van der Waals surface area (Å²) in [5.41, 5.74) is 3.75. The van der Waals surface area contributed by atoms with Gasteiger partial charge in [-0.3, -0.25) is 9.78 Å². The third kappa shape index (κ3) is 2.81. The number of hydrogen-bond donors (Lipinski definition) is 0. The number of fused-ring (bicyclic) bond motifs is 1. The zero-order chi connectivity index (χ0) is 18.1. The molecule has 2 aromatic carbocycles. The lowest BCUT2D eigenvalue weighted by Gasteiger charge is -2.30. The first-order chi connectivity index (χ1) is 12.6. The molecule has 0 saturated carbocycles. The van der Waals surface area contributed by atoms with Crippen molar-refractivity contribution < 1.29 is 13.9 Å². The Kier molecular flexibility index (Phi) is 4.13. The van der Waals surface area contributed by atoms with Crippen molar-refractivity contribution in [3.05, 3.63) is 77.9 Å². The molecule has 0 atom stereocenters. The molecule has 0 spiro atoms. The Balaban J connectivity index is 1.74. The molecule has 3 aromatic rings. The van der Waals surface area contributed by atoms with Gasteiger partial charge in [0.05, 0.1) is 17.8 Å². The summed E-state index contributed by atoms with van der Waals surface area (Å²) in [6.45, 7) is 2.82. The normalized spacial score (nSPS) is 13.1. The van der Waals surface area contributed by atoms with Crippen molar-refractivity contribution in [3.63, 3.8) is 0 Å². The molecule has 4 rings (SSSR count). The zero-order valence-electron chi connectivity index (χ0n) is 14.3. The van der Waals surface area contributed by atoms with Gasteiger partial charge in [-0.25, -0.2) is 4.39 Å². The van der Waals surface area contributed by atoms with E-state index in [0.717, 1.165) is 22.4 Å². The van der Waals surface area contributed by atoms with Crippen molar-refractivity contribution in [1.82, 2.24) is 4.98 Å². The maximum absolute atomic E-state index is 13.2. The van der Waals surface area contributed by atoms with E-state index in [1.165, 1.54) is 12.1 Å². The molecule has 1 aliphatic heterocycles. The van der Waals surface area contributed by atoms with Gasteiger partial charge in [0.1, 0.15) is 18.2 Å². The first-order valence-corrected chi connectivity index (χ1v) is 8.39. The van der Waals surface area contributed by atoms with Gasteiger partial charge in [0.25, 0.3) is 5.91 Å². The van der Waals surface area contributed by atoms with Crippen molar-refractivity contribution in [3.8, 4) is 16.9 Å². The number of carbonyl (C=O) groups is 1. The van der Waals surface area contributed by atoms with E-state index in [4.69, 9.17) is 4.74 Å². The third-order valence-electron chi connectivity index (χ3n) is 4.57. The van der Waals surface area contributed by atoms with E-state index in [1.54, 1.807) is 29.4 Å². The van der Waals surface area contributed by atoms with E-state index in [0.29, 0.717) is 24.5 Å². The van der Waals surface area contributed by atoms with Gasteiger partial charge in [-0.1, -0.05) is 24.3 Å². The second kappa shape index (κ2) is 6.59. The number of hydrogen-bond acceptors (Lipinski definition) is 3. The fourth-order valence-corrected chi connectivity index (χ4v) is 3.19. The molecule has 0 N–H and O–H groups in total. The van der Waals surface area contributed by atoms with E-state index >= 15 is 0 Å². The maximum atomic E-state index is 13.2. The maximum Gasteiger partial charge on any atom is 0.260 e. The molecule has 1 aliphatic rings. The van der Waals surface area contributed by atoms with Crippen molar-refractivity contribution >= 4 is 11.6 Å². The molecule has 1 amide bonds. The molecular formula is C21H17FN2O2. The Hall–Kier alpha value is -3.21. The quantitative estimate of drug-likeness (QED) is 0.696. The SMILES string of the molecule is Cc1c(C(=O)N2CCOc3ccccc32)cncc1-c1ccc(F)cc1. The highest BCUT2D eigenvalue weighted by atomic mass is 19.1. The van der Waals surface area contributed by atoms with Crippen LogP contribution in [-0.2, 0) is 0 Å². The number of anilines is 1. The highest BCUT2D eigenvalue weighted by molar-refractivity contribution is 6.08. The van der Waals surface area contributed by atoms with Gasteiger partial charge in [-0.05, 0) is 42.3 Å². The Labute approximate surface area is 150 Å². The summed E-state index contributed by atoms with van der Waals surface area (Å²) in [5.74, 6) is 0.290. The minimum Gasteiger partial charge on any atom is -0.490 e. The lowest BCUT2D eigenvalue weighted by molar-refractivity contribution is 0.0975. The number of carbonyl (C=O) groups excluding carboxylic acids is 1. The number of pyridine rings is 1. The first-order valence-electron chi connectivity index (χ1n) is 8.39. The van der Waals surface area contributed by atoms with Crippen LogP contribution in [0.3, 0.4) is 0 Å². The number of benzene rings is 2. The molecule has 0 fully saturated rings. The summed E-state index contributed by atoms with van der Waals surface area (Å²) in [6, 6.07) is 13.7. The smallest absolute Gasteiger partial charge is 0.260 e. The van der Waals surface area contributed by atoms with Crippen LogP contribution in [0.2, 0.25) is 0 Å². The summed E-state index contributed by atoms with van der Waals surface area (Å²) < 4.78 is 18.8. The Morgan fingerprint density at radius 1 is 1.12 bits per heavy atom. The lowest BCUT2D eigenvalue weighted by Crippen LogP contribution is -2.38. The highest BCUT2D eigenvalue weighted by Crippen LogP contribution is 2.33. The van der Waals surface area contributed by atoms with Gasteiger partial charge >= 0.3 is 0 Å². The van der Waals surface area contributed by atoms with Crippen LogP contribution in [0.25, 0.3) is 11.1 Å². The van der Waals surface area contributed by atoms with Gasteiger partial charge in [-0.2, -0.15) is 0 Å². The van der Waals surface area contributed by atoms with Gasteiger partial charge in [-0.15, -0.1) is 0 Å². The number of rotatable bonds is 2. The second-order valence-electron chi connectivity index (χ2n) is 6.14. The van der Waals surface area contributed by atoms with Gasteiger partial charge < -0.3 is 9.64 Å². The lowest BCUT2D eigenvalue weighted by atomic mass is 9.98. The number of ether oxygens (including phenoxy) is 1. The largest absolute Gasteiger partial charge is 0.490 e. The molecule has 130 valence electrons. The number of para-hydroxylation sites is 2. The molecule has 0 saturated heterocycles. The van der Waals surface area contributed by atoms with Gasteiger partial charge in [0, 0.05) is 18.0 Å². The van der Waals surface area contributed by atoms with Gasteiger partial charge in [0.15, 0.2) is 0 Å². The molecule has 26 heavy (non-hydrogen) atoms. The summed E-state index contributed by atoms with van der Waals surface area (Å²) in [7, 11) is 0. The standard InChI is InChI=1S/C21H17FN2O2/c1-14-17(15-6-8-16(22)9-7-15)12-23-13-18(14)21(25)24-10-11-26-20-5-3-2-4-19(20)24/h2-9,12-13H,10-11H2,1H3. The predicted octanol–water partition coefficient (Wildman–Crippen LogP) is 4.24. The van der Waals surface area contributed by atoms with Gasteiger partial charge in [0.2, 0.25) is 0 Å².